The largest absolute Gasteiger partial charge is 0.310 e. The number of anilines is 3. The Morgan fingerprint density at radius 3 is 1.87 bits per heavy atom. The van der Waals surface area contributed by atoms with Crippen molar-refractivity contribution in [2.75, 3.05) is 4.90 Å². The molecule has 10 rings (SSSR count). The summed E-state index contributed by atoms with van der Waals surface area (Å²) >= 11 is 0. The van der Waals surface area contributed by atoms with Crippen LogP contribution in [0.3, 0.4) is 0 Å². The summed E-state index contributed by atoms with van der Waals surface area (Å²) in [5.41, 5.74) is 11.6. The Labute approximate surface area is 324 Å². The maximum Gasteiger partial charge on any atom is 0.0629 e. The third-order valence-corrected chi connectivity index (χ3v) is 11.1. The Kier molecular flexibility index (Phi) is 6.37. The van der Waals surface area contributed by atoms with Gasteiger partial charge < -0.3 is 4.90 Å². The van der Waals surface area contributed by atoms with Gasteiger partial charge in [-0.15, -0.1) is 0 Å². The van der Waals surface area contributed by atoms with Gasteiger partial charge in [-0.25, -0.2) is 0 Å². The number of rotatable bonds is 6. The van der Waals surface area contributed by atoms with E-state index in [1.165, 1.54) is 22.3 Å². The van der Waals surface area contributed by atoms with Gasteiger partial charge in [0.05, 0.1) is 12.5 Å². The zero-order chi connectivity index (χ0) is 40.6. The lowest BCUT2D eigenvalue weighted by Crippen LogP contribution is -2.17. The molecule has 0 unspecified atom stereocenters. The fraction of sp³-hybridized carbons (Fsp3) is 0.0566. The van der Waals surface area contributed by atoms with Gasteiger partial charge in [-0.1, -0.05) is 178 Å². The summed E-state index contributed by atoms with van der Waals surface area (Å²) in [6.07, 6.45) is 0. The van der Waals surface area contributed by atoms with E-state index in [0.717, 1.165) is 55.2 Å². The number of benzene rings is 9. The summed E-state index contributed by atoms with van der Waals surface area (Å²) in [5.74, 6) is 0. The van der Waals surface area contributed by atoms with Crippen LogP contribution in [0.25, 0.3) is 66.1 Å². The monoisotopic (exact) mass is 694 g/mol. The highest BCUT2D eigenvalue weighted by Gasteiger charge is 2.36. The van der Waals surface area contributed by atoms with E-state index in [1.54, 1.807) is 0 Å². The third kappa shape index (κ3) is 5.16. The van der Waals surface area contributed by atoms with E-state index < -0.39 is 6.04 Å². The maximum atomic E-state index is 9.43. The van der Waals surface area contributed by atoms with Gasteiger partial charge in [-0.2, -0.15) is 0 Å². The van der Waals surface area contributed by atoms with E-state index in [9.17, 15) is 2.74 Å². The molecule has 0 spiro atoms. The predicted molar refractivity (Wildman–Crippen MR) is 230 cm³/mol. The molecule has 0 saturated carbocycles. The van der Waals surface area contributed by atoms with E-state index in [-0.39, 0.29) is 35.1 Å². The molecular formula is C53H39N. The molecular weight excluding hydrogens is 651 g/mol. The summed E-state index contributed by atoms with van der Waals surface area (Å²) in [6, 6.07) is 57.1. The van der Waals surface area contributed by atoms with Crippen LogP contribution >= 0.6 is 0 Å². The molecule has 54 heavy (non-hydrogen) atoms. The van der Waals surface area contributed by atoms with Crippen LogP contribution in [0, 0.1) is 0 Å². The Balaban J connectivity index is 1.31. The second kappa shape index (κ2) is 12.8. The molecule has 9 aromatic rings. The Hall–Kier alpha value is -6.70. The Morgan fingerprint density at radius 1 is 0.426 bits per heavy atom. The maximum absolute atomic E-state index is 9.43. The van der Waals surface area contributed by atoms with Crippen molar-refractivity contribution in [3.63, 3.8) is 0 Å². The van der Waals surface area contributed by atoms with E-state index in [2.05, 4.69) is 128 Å². The van der Waals surface area contributed by atoms with Gasteiger partial charge in [-0.05, 0) is 108 Å². The van der Waals surface area contributed by atoms with Crippen molar-refractivity contribution in [2.24, 2.45) is 0 Å². The summed E-state index contributed by atoms with van der Waals surface area (Å²) in [6.45, 7) is 4.54. The van der Waals surface area contributed by atoms with Crippen molar-refractivity contribution in [1.82, 2.24) is 0 Å². The van der Waals surface area contributed by atoms with Crippen LogP contribution in [0.15, 0.2) is 200 Å². The highest BCUT2D eigenvalue weighted by atomic mass is 15.1. The highest BCUT2D eigenvalue weighted by molar-refractivity contribution is 6.15. The first kappa shape index (κ1) is 27.0. The minimum Gasteiger partial charge on any atom is -0.310 e. The lowest BCUT2D eigenvalue weighted by atomic mass is 9.82. The van der Waals surface area contributed by atoms with Crippen LogP contribution in [0.5, 0.6) is 0 Å². The predicted octanol–water partition coefficient (Wildman–Crippen LogP) is 14.8. The molecule has 1 aliphatic rings. The molecule has 0 heterocycles. The first-order valence-corrected chi connectivity index (χ1v) is 18.4. The molecule has 0 radical (unpaired) electrons. The molecule has 0 saturated heterocycles. The average molecular weight is 695 g/mol. The zero-order valence-electron chi connectivity index (χ0n) is 35.1. The van der Waals surface area contributed by atoms with E-state index >= 15 is 0 Å². The number of nitrogens with zero attached hydrogens (tertiary/aromatic N) is 1. The van der Waals surface area contributed by atoms with Crippen LogP contribution in [-0.4, -0.2) is 0 Å². The molecule has 0 N–H and O–H groups in total. The molecule has 1 aliphatic carbocycles. The summed E-state index contributed by atoms with van der Waals surface area (Å²) in [5, 5.41) is 4.25. The Bertz CT molecular complexity index is 3110. The average Bonchev–Trinajstić information content (AvgIpc) is 3.51. The molecule has 1 nitrogen and oxygen atoms in total. The molecule has 0 aliphatic heterocycles. The van der Waals surface area contributed by atoms with Crippen molar-refractivity contribution in [1.29, 1.82) is 0 Å². The van der Waals surface area contributed by atoms with E-state index in [4.69, 9.17) is 4.11 Å². The van der Waals surface area contributed by atoms with Gasteiger partial charge >= 0.3 is 0 Å². The number of hydrogen-bond donors (Lipinski definition) is 0. The molecule has 0 atom stereocenters. The Morgan fingerprint density at radius 2 is 1.06 bits per heavy atom. The van der Waals surface area contributed by atoms with Crippen LogP contribution in [0.1, 0.15) is 31.8 Å². The van der Waals surface area contributed by atoms with Gasteiger partial charge in [0.25, 0.3) is 0 Å². The minimum atomic E-state index is -0.423. The fourth-order valence-corrected chi connectivity index (χ4v) is 8.56. The van der Waals surface area contributed by atoms with Crippen molar-refractivity contribution in [3.8, 4) is 44.5 Å². The standard InChI is InChI=1S/C53H39N/c1-53(2)49-26-14-13-24-45(49)46-33-32-41(35-50(46)53)54(40-30-28-37(29-31-40)36-16-5-3-6-17-36)51-27-15-25-47(52(51)38-18-7-4-8-19-38)48-34-39-20-9-10-21-42(39)43-22-11-12-23-44(43)48/h3-35H,1-2H3/i4D,7D,8D,18D,19D. The van der Waals surface area contributed by atoms with E-state index in [1.807, 2.05) is 60.7 Å². The molecule has 9 aromatic carbocycles. The molecule has 0 fully saturated rings. The van der Waals surface area contributed by atoms with Gasteiger partial charge in [0, 0.05) is 22.4 Å². The first-order valence-electron chi connectivity index (χ1n) is 20.9. The van der Waals surface area contributed by atoms with Gasteiger partial charge in [0.2, 0.25) is 0 Å². The molecule has 0 aromatic heterocycles. The zero-order valence-corrected chi connectivity index (χ0v) is 30.1. The number of hydrogen-bond acceptors (Lipinski definition) is 1. The van der Waals surface area contributed by atoms with Crippen LogP contribution in [0.4, 0.5) is 17.1 Å². The third-order valence-electron chi connectivity index (χ3n) is 11.1. The van der Waals surface area contributed by atoms with Gasteiger partial charge in [0.1, 0.15) is 0 Å². The van der Waals surface area contributed by atoms with Crippen molar-refractivity contribution in [3.05, 3.63) is 211 Å². The van der Waals surface area contributed by atoms with Crippen LogP contribution in [0.2, 0.25) is 0 Å². The highest BCUT2D eigenvalue weighted by Crippen LogP contribution is 2.52. The molecule has 0 amide bonds. The molecule has 1 heteroatoms. The topological polar surface area (TPSA) is 3.24 Å². The number of fused-ring (bicyclic) bond motifs is 6. The first-order chi connectivity index (χ1) is 28.6. The van der Waals surface area contributed by atoms with Crippen molar-refractivity contribution >= 4 is 38.6 Å². The fourth-order valence-electron chi connectivity index (χ4n) is 8.56. The van der Waals surface area contributed by atoms with E-state index in [0.29, 0.717) is 11.3 Å². The van der Waals surface area contributed by atoms with Crippen LogP contribution < -0.4 is 4.90 Å². The van der Waals surface area contributed by atoms with Crippen LogP contribution in [-0.2, 0) is 5.41 Å². The van der Waals surface area contributed by atoms with Gasteiger partial charge in [-0.3, -0.25) is 0 Å². The lowest BCUT2D eigenvalue weighted by Gasteiger charge is -2.31. The smallest absolute Gasteiger partial charge is 0.0629 e. The quantitative estimate of drug-likeness (QED) is 0.157. The van der Waals surface area contributed by atoms with Crippen molar-refractivity contribution in [2.45, 2.75) is 19.3 Å². The van der Waals surface area contributed by atoms with Gasteiger partial charge in [0.15, 0.2) is 0 Å². The molecule has 256 valence electrons. The molecule has 0 bridgehead atoms. The summed E-state index contributed by atoms with van der Waals surface area (Å²) < 4.78 is 45.2. The normalized spacial score (nSPS) is 14.1. The van der Waals surface area contributed by atoms with Crippen molar-refractivity contribution < 1.29 is 6.85 Å². The lowest BCUT2D eigenvalue weighted by molar-refractivity contribution is 0.660. The second-order valence-corrected chi connectivity index (χ2v) is 14.5. The second-order valence-electron chi connectivity index (χ2n) is 14.5. The SMILES string of the molecule is [2H]c1c([2H])c([2H])c(-c2c(-c3cc4ccccc4c4ccccc34)cccc2N(c2ccc(-c3ccccc3)cc2)c2ccc3c(c2)C(C)(C)c2ccccc2-3)c([2H])c1[2H]. The summed E-state index contributed by atoms with van der Waals surface area (Å²) in [7, 11) is 0. The summed E-state index contributed by atoms with van der Waals surface area (Å²) in [4.78, 5) is 2.19. The minimum absolute atomic E-state index is 0.152.